The molecule has 7 heteroatoms. The monoisotopic (exact) mass is 264 g/mol. The van der Waals surface area contributed by atoms with Crippen LogP contribution in [0.2, 0.25) is 0 Å². The summed E-state index contributed by atoms with van der Waals surface area (Å²) in [4.78, 5) is 15.0. The summed E-state index contributed by atoms with van der Waals surface area (Å²) in [6, 6.07) is 0.363. The summed E-state index contributed by atoms with van der Waals surface area (Å²) in [6.07, 6.45) is 4.33. The van der Waals surface area contributed by atoms with Gasteiger partial charge in [-0.15, -0.1) is 0 Å². The third kappa shape index (κ3) is 3.04. The van der Waals surface area contributed by atoms with Crippen LogP contribution in [0, 0.1) is 0 Å². The first-order valence-corrected chi connectivity index (χ1v) is 6.92. The van der Waals surface area contributed by atoms with Crippen LogP contribution in [0.5, 0.6) is 0 Å². The van der Waals surface area contributed by atoms with Crippen molar-refractivity contribution in [1.82, 2.24) is 15.0 Å². The lowest BCUT2D eigenvalue weighted by molar-refractivity contribution is 0.0903. The standard InChI is InChI=1S/C12H20N6O/c13-10-15-11(14-9-3-7-19-8-4-9)17-12(16-10)18-5-1-2-6-18/h9H,1-8H2,(H3,13,14,15,16,17). The van der Waals surface area contributed by atoms with Crippen LogP contribution in [0.3, 0.4) is 0 Å². The van der Waals surface area contributed by atoms with Crippen molar-refractivity contribution in [2.24, 2.45) is 0 Å². The Labute approximate surface area is 112 Å². The largest absolute Gasteiger partial charge is 0.381 e. The van der Waals surface area contributed by atoms with E-state index in [1.165, 1.54) is 12.8 Å². The Morgan fingerprint density at radius 1 is 1.11 bits per heavy atom. The summed E-state index contributed by atoms with van der Waals surface area (Å²) in [5.74, 6) is 1.56. The molecule has 0 unspecified atom stereocenters. The minimum atomic E-state index is 0.284. The Hall–Kier alpha value is -1.63. The predicted molar refractivity (Wildman–Crippen MR) is 73.2 cm³/mol. The first kappa shape index (κ1) is 12.4. The molecule has 3 rings (SSSR count). The van der Waals surface area contributed by atoms with E-state index >= 15 is 0 Å². The molecule has 2 fully saturated rings. The second-order valence-corrected chi connectivity index (χ2v) is 5.04. The smallest absolute Gasteiger partial charge is 0.231 e. The van der Waals surface area contributed by atoms with Gasteiger partial charge in [0.1, 0.15) is 0 Å². The van der Waals surface area contributed by atoms with Crippen LogP contribution < -0.4 is 16.0 Å². The number of hydrogen-bond donors (Lipinski definition) is 2. The first-order chi connectivity index (χ1) is 9.31. The Bertz CT molecular complexity index is 428. The summed E-state index contributed by atoms with van der Waals surface area (Å²) >= 11 is 0. The van der Waals surface area contributed by atoms with Crippen molar-refractivity contribution < 1.29 is 4.74 Å². The number of aromatic nitrogens is 3. The number of nitrogens with zero attached hydrogens (tertiary/aromatic N) is 4. The second kappa shape index (κ2) is 5.56. The summed E-state index contributed by atoms with van der Waals surface area (Å²) in [5.41, 5.74) is 5.78. The average Bonchev–Trinajstić information content (AvgIpc) is 2.93. The quantitative estimate of drug-likeness (QED) is 0.828. The van der Waals surface area contributed by atoms with Crippen molar-refractivity contribution in [3.8, 4) is 0 Å². The zero-order valence-corrected chi connectivity index (χ0v) is 11.0. The fourth-order valence-corrected chi connectivity index (χ4v) is 2.53. The zero-order valence-electron chi connectivity index (χ0n) is 11.0. The number of nitrogens with one attached hydrogen (secondary N) is 1. The van der Waals surface area contributed by atoms with Crippen LogP contribution >= 0.6 is 0 Å². The van der Waals surface area contributed by atoms with Gasteiger partial charge in [0.2, 0.25) is 17.8 Å². The molecule has 2 aliphatic rings. The average molecular weight is 264 g/mol. The van der Waals surface area contributed by atoms with Crippen molar-refractivity contribution in [2.45, 2.75) is 31.7 Å². The van der Waals surface area contributed by atoms with Gasteiger partial charge in [-0.05, 0) is 25.7 Å². The van der Waals surface area contributed by atoms with E-state index in [0.717, 1.165) is 39.1 Å². The second-order valence-electron chi connectivity index (χ2n) is 5.04. The highest BCUT2D eigenvalue weighted by Gasteiger charge is 2.19. The molecule has 0 saturated carbocycles. The molecule has 0 aromatic carbocycles. The molecule has 2 aliphatic heterocycles. The van der Waals surface area contributed by atoms with E-state index in [2.05, 4.69) is 25.2 Å². The molecule has 0 radical (unpaired) electrons. The molecule has 19 heavy (non-hydrogen) atoms. The highest BCUT2D eigenvalue weighted by molar-refractivity contribution is 5.42. The maximum Gasteiger partial charge on any atom is 0.231 e. The molecular weight excluding hydrogens is 244 g/mol. The summed E-state index contributed by atoms with van der Waals surface area (Å²) in [6.45, 7) is 3.58. The number of anilines is 3. The molecule has 0 spiro atoms. The fourth-order valence-electron chi connectivity index (χ4n) is 2.53. The number of hydrogen-bond acceptors (Lipinski definition) is 7. The van der Waals surface area contributed by atoms with Crippen molar-refractivity contribution >= 4 is 17.8 Å². The van der Waals surface area contributed by atoms with Gasteiger partial charge in [0.05, 0.1) is 0 Å². The van der Waals surface area contributed by atoms with Gasteiger partial charge < -0.3 is 20.7 Å². The molecule has 1 aromatic heterocycles. The third-order valence-corrected chi connectivity index (χ3v) is 3.58. The van der Waals surface area contributed by atoms with Crippen LogP contribution in [-0.4, -0.2) is 47.3 Å². The Morgan fingerprint density at radius 3 is 2.58 bits per heavy atom. The van der Waals surface area contributed by atoms with Gasteiger partial charge in [-0.3, -0.25) is 0 Å². The van der Waals surface area contributed by atoms with E-state index in [1.807, 2.05) is 0 Å². The molecule has 0 amide bonds. The van der Waals surface area contributed by atoms with E-state index in [0.29, 0.717) is 17.9 Å². The molecule has 3 N–H and O–H groups in total. The van der Waals surface area contributed by atoms with E-state index < -0.39 is 0 Å². The molecular formula is C12H20N6O. The minimum Gasteiger partial charge on any atom is -0.381 e. The number of ether oxygens (including phenoxy) is 1. The topological polar surface area (TPSA) is 89.2 Å². The fraction of sp³-hybridized carbons (Fsp3) is 0.750. The predicted octanol–water partition coefficient (Wildman–Crippen LogP) is 0.645. The third-order valence-electron chi connectivity index (χ3n) is 3.58. The molecule has 3 heterocycles. The maximum atomic E-state index is 5.78. The number of nitrogens with two attached hydrogens (primary N) is 1. The molecule has 2 saturated heterocycles. The highest BCUT2D eigenvalue weighted by atomic mass is 16.5. The lowest BCUT2D eigenvalue weighted by Crippen LogP contribution is -2.29. The lowest BCUT2D eigenvalue weighted by Gasteiger charge is -2.23. The van der Waals surface area contributed by atoms with Gasteiger partial charge in [-0.1, -0.05) is 0 Å². The molecule has 0 bridgehead atoms. The van der Waals surface area contributed by atoms with Gasteiger partial charge >= 0.3 is 0 Å². The van der Waals surface area contributed by atoms with E-state index in [1.54, 1.807) is 0 Å². The van der Waals surface area contributed by atoms with Gasteiger partial charge in [0.25, 0.3) is 0 Å². The van der Waals surface area contributed by atoms with Crippen LogP contribution in [0.1, 0.15) is 25.7 Å². The maximum absolute atomic E-state index is 5.78. The minimum absolute atomic E-state index is 0.284. The molecule has 0 atom stereocenters. The van der Waals surface area contributed by atoms with Crippen molar-refractivity contribution in [2.75, 3.05) is 42.3 Å². The Balaban J connectivity index is 1.73. The van der Waals surface area contributed by atoms with Crippen LogP contribution in [0.25, 0.3) is 0 Å². The van der Waals surface area contributed by atoms with Crippen molar-refractivity contribution in [3.63, 3.8) is 0 Å². The van der Waals surface area contributed by atoms with Gasteiger partial charge in [-0.25, -0.2) is 0 Å². The van der Waals surface area contributed by atoms with Gasteiger partial charge in [0, 0.05) is 32.3 Å². The van der Waals surface area contributed by atoms with Crippen LogP contribution in [-0.2, 0) is 4.74 Å². The van der Waals surface area contributed by atoms with E-state index in [9.17, 15) is 0 Å². The summed E-state index contributed by atoms with van der Waals surface area (Å²) < 4.78 is 5.34. The SMILES string of the molecule is Nc1nc(NC2CCOCC2)nc(N2CCCC2)n1. The lowest BCUT2D eigenvalue weighted by atomic mass is 10.1. The van der Waals surface area contributed by atoms with Gasteiger partial charge in [0.15, 0.2) is 0 Å². The molecule has 1 aromatic rings. The van der Waals surface area contributed by atoms with Crippen LogP contribution in [0.4, 0.5) is 17.8 Å². The van der Waals surface area contributed by atoms with Crippen LogP contribution in [0.15, 0.2) is 0 Å². The van der Waals surface area contributed by atoms with Gasteiger partial charge in [-0.2, -0.15) is 15.0 Å². The Morgan fingerprint density at radius 2 is 1.84 bits per heavy atom. The molecule has 104 valence electrons. The van der Waals surface area contributed by atoms with E-state index in [4.69, 9.17) is 10.5 Å². The summed E-state index contributed by atoms with van der Waals surface area (Å²) in [7, 11) is 0. The summed E-state index contributed by atoms with van der Waals surface area (Å²) in [5, 5.41) is 3.34. The molecule has 0 aliphatic carbocycles. The molecule has 7 nitrogen and oxygen atoms in total. The van der Waals surface area contributed by atoms with Crippen molar-refractivity contribution in [3.05, 3.63) is 0 Å². The highest BCUT2D eigenvalue weighted by Crippen LogP contribution is 2.19. The number of nitrogen functional groups attached to an aromatic ring is 1. The van der Waals surface area contributed by atoms with Crippen molar-refractivity contribution in [1.29, 1.82) is 0 Å². The first-order valence-electron chi connectivity index (χ1n) is 6.92. The Kier molecular flexibility index (Phi) is 3.63. The normalized spacial score (nSPS) is 20.7. The zero-order chi connectivity index (χ0) is 13.1. The van der Waals surface area contributed by atoms with E-state index in [-0.39, 0.29) is 5.95 Å². The number of rotatable bonds is 3.